The number of carbonyl (C=O) groups is 2. The number of aromatic nitrogens is 1. The first-order chi connectivity index (χ1) is 11.9. The van der Waals surface area contributed by atoms with Crippen molar-refractivity contribution in [3.05, 3.63) is 34.8 Å². The molecule has 2 aromatic rings. The minimum atomic E-state index is -0.733. The lowest BCUT2D eigenvalue weighted by molar-refractivity contribution is -0.122. The van der Waals surface area contributed by atoms with Gasteiger partial charge in [-0.3, -0.25) is 10.1 Å². The molecule has 1 amide bonds. The van der Waals surface area contributed by atoms with E-state index in [1.807, 2.05) is 0 Å². The number of rotatable bonds is 7. The Kier molecular flexibility index (Phi) is 6.35. The van der Waals surface area contributed by atoms with Crippen molar-refractivity contribution in [3.8, 4) is 11.5 Å². The third-order valence-corrected chi connectivity index (χ3v) is 4.28. The average Bonchev–Trinajstić information content (AvgIpc) is 2.96. The van der Waals surface area contributed by atoms with Gasteiger partial charge in [-0.2, -0.15) is 0 Å². The van der Waals surface area contributed by atoms with E-state index in [9.17, 15) is 9.59 Å². The van der Waals surface area contributed by atoms with E-state index in [0.717, 1.165) is 11.3 Å². The fraction of sp³-hybridized carbons (Fsp3) is 0.353. The van der Waals surface area contributed by atoms with Crippen LogP contribution in [-0.2, 0) is 9.53 Å². The van der Waals surface area contributed by atoms with Gasteiger partial charge in [-0.25, -0.2) is 9.78 Å². The molecule has 7 nitrogen and oxygen atoms in total. The van der Waals surface area contributed by atoms with Crippen LogP contribution in [0.3, 0.4) is 0 Å². The second kappa shape index (κ2) is 8.48. The van der Waals surface area contributed by atoms with Crippen LogP contribution in [-0.4, -0.2) is 36.7 Å². The number of ether oxygens (including phenoxy) is 3. The molecule has 134 valence electrons. The maximum atomic E-state index is 12.2. The summed E-state index contributed by atoms with van der Waals surface area (Å²) in [4.78, 5) is 28.6. The number of carbonyl (C=O) groups excluding carboxylic acids is 2. The number of hydrogen-bond acceptors (Lipinski definition) is 7. The van der Waals surface area contributed by atoms with E-state index in [1.54, 1.807) is 52.1 Å². The van der Waals surface area contributed by atoms with E-state index >= 15 is 0 Å². The molecule has 0 bridgehead atoms. The summed E-state index contributed by atoms with van der Waals surface area (Å²) < 4.78 is 15.6. The number of hydrogen-bond donors (Lipinski definition) is 1. The third kappa shape index (κ3) is 4.93. The maximum absolute atomic E-state index is 12.2. The van der Waals surface area contributed by atoms with Crippen molar-refractivity contribution in [1.29, 1.82) is 0 Å². The van der Waals surface area contributed by atoms with Gasteiger partial charge in [0.2, 0.25) is 0 Å². The van der Waals surface area contributed by atoms with Crippen LogP contribution in [0.5, 0.6) is 11.5 Å². The first-order valence-electron chi connectivity index (χ1n) is 7.70. The normalized spacial score (nSPS) is 11.5. The van der Waals surface area contributed by atoms with Crippen molar-refractivity contribution in [2.45, 2.75) is 26.9 Å². The van der Waals surface area contributed by atoms with E-state index in [2.05, 4.69) is 10.3 Å². The number of aryl methyl sites for hydroxylation is 1. The number of benzene rings is 1. The molecule has 0 unspecified atom stereocenters. The minimum absolute atomic E-state index is 0.282. The molecule has 1 atom stereocenters. The SMILES string of the molecule is CCOC(=O)c1sc(NC(=O)[C@@H](C)Oc2ccc(OC)cc2)nc1C. The molecule has 8 heteroatoms. The van der Waals surface area contributed by atoms with Crippen molar-refractivity contribution >= 4 is 28.3 Å². The summed E-state index contributed by atoms with van der Waals surface area (Å²) in [7, 11) is 1.58. The van der Waals surface area contributed by atoms with E-state index in [0.29, 0.717) is 27.2 Å². The van der Waals surface area contributed by atoms with Crippen molar-refractivity contribution in [3.63, 3.8) is 0 Å². The summed E-state index contributed by atoms with van der Waals surface area (Å²) in [5, 5.41) is 2.98. The highest BCUT2D eigenvalue weighted by Gasteiger charge is 2.20. The highest BCUT2D eigenvalue weighted by atomic mass is 32.1. The number of esters is 1. The predicted octanol–water partition coefficient (Wildman–Crippen LogP) is 3.04. The Morgan fingerprint density at radius 1 is 1.24 bits per heavy atom. The summed E-state index contributed by atoms with van der Waals surface area (Å²) in [5.41, 5.74) is 0.516. The Morgan fingerprint density at radius 3 is 2.48 bits per heavy atom. The summed E-state index contributed by atoms with van der Waals surface area (Å²) in [6, 6.07) is 6.93. The van der Waals surface area contributed by atoms with Crippen LogP contribution in [0.25, 0.3) is 0 Å². The second-order valence-electron chi connectivity index (χ2n) is 5.08. The number of methoxy groups -OCH3 is 1. The molecule has 0 fully saturated rings. The minimum Gasteiger partial charge on any atom is -0.497 e. The van der Waals surface area contributed by atoms with Crippen LogP contribution >= 0.6 is 11.3 Å². The Labute approximate surface area is 149 Å². The van der Waals surface area contributed by atoms with Gasteiger partial charge in [0, 0.05) is 0 Å². The number of thiazole rings is 1. The summed E-state index contributed by atoms with van der Waals surface area (Å²) in [5.74, 6) is 0.445. The van der Waals surface area contributed by atoms with E-state index in [1.165, 1.54) is 0 Å². The average molecular weight is 364 g/mol. The first kappa shape index (κ1) is 18.7. The van der Waals surface area contributed by atoms with Gasteiger partial charge in [-0.15, -0.1) is 0 Å². The molecule has 0 radical (unpaired) electrons. The molecule has 0 aliphatic rings. The molecule has 2 rings (SSSR count). The van der Waals surface area contributed by atoms with E-state index < -0.39 is 12.1 Å². The molecule has 0 saturated heterocycles. The van der Waals surface area contributed by atoms with Gasteiger partial charge in [-0.05, 0) is 45.0 Å². The van der Waals surface area contributed by atoms with Crippen LogP contribution in [0.1, 0.15) is 29.2 Å². The highest BCUT2D eigenvalue weighted by Crippen LogP contribution is 2.24. The third-order valence-electron chi connectivity index (χ3n) is 3.23. The lowest BCUT2D eigenvalue weighted by Gasteiger charge is -2.13. The number of amides is 1. The maximum Gasteiger partial charge on any atom is 0.350 e. The lowest BCUT2D eigenvalue weighted by atomic mass is 10.3. The van der Waals surface area contributed by atoms with Crippen LogP contribution < -0.4 is 14.8 Å². The Balaban J connectivity index is 1.98. The summed E-state index contributed by atoms with van der Waals surface area (Å²) >= 11 is 1.07. The molecule has 0 aliphatic carbocycles. The number of nitrogens with one attached hydrogen (secondary N) is 1. The van der Waals surface area contributed by atoms with Gasteiger partial charge < -0.3 is 14.2 Å². The zero-order chi connectivity index (χ0) is 18.4. The van der Waals surface area contributed by atoms with Crippen molar-refractivity contribution < 1.29 is 23.8 Å². The van der Waals surface area contributed by atoms with Crippen LogP contribution in [0.15, 0.2) is 24.3 Å². The Morgan fingerprint density at radius 2 is 1.88 bits per heavy atom. The quantitative estimate of drug-likeness (QED) is 0.760. The van der Waals surface area contributed by atoms with Crippen LogP contribution in [0.2, 0.25) is 0 Å². The molecule has 0 saturated carbocycles. The largest absolute Gasteiger partial charge is 0.497 e. The predicted molar refractivity (Wildman–Crippen MR) is 94.5 cm³/mol. The molecule has 0 aliphatic heterocycles. The van der Waals surface area contributed by atoms with Gasteiger partial charge in [0.05, 0.1) is 19.4 Å². The van der Waals surface area contributed by atoms with Gasteiger partial charge in [0.1, 0.15) is 16.4 Å². The topological polar surface area (TPSA) is 86.8 Å². The zero-order valence-corrected chi connectivity index (χ0v) is 15.3. The zero-order valence-electron chi connectivity index (χ0n) is 14.5. The first-order valence-corrected chi connectivity index (χ1v) is 8.52. The molecule has 1 N–H and O–H groups in total. The smallest absolute Gasteiger partial charge is 0.350 e. The Hall–Kier alpha value is -2.61. The summed E-state index contributed by atoms with van der Waals surface area (Å²) in [6.45, 7) is 5.34. The molecule has 1 heterocycles. The van der Waals surface area contributed by atoms with Crippen LogP contribution in [0.4, 0.5) is 5.13 Å². The Bertz CT molecular complexity index is 742. The lowest BCUT2D eigenvalue weighted by Crippen LogP contribution is -2.30. The molecule has 1 aromatic carbocycles. The highest BCUT2D eigenvalue weighted by molar-refractivity contribution is 7.17. The molecule has 1 aromatic heterocycles. The van der Waals surface area contributed by atoms with E-state index in [-0.39, 0.29) is 12.5 Å². The molecular formula is C17H20N2O5S. The standard InChI is InChI=1S/C17H20N2O5S/c1-5-23-16(21)14-10(2)18-17(25-14)19-15(20)11(3)24-13-8-6-12(22-4)7-9-13/h6-9,11H,5H2,1-4H3,(H,18,19,20)/t11-/m1/s1. The van der Waals surface area contributed by atoms with Gasteiger partial charge in [0.15, 0.2) is 11.2 Å². The van der Waals surface area contributed by atoms with Gasteiger partial charge in [0.25, 0.3) is 5.91 Å². The van der Waals surface area contributed by atoms with E-state index in [4.69, 9.17) is 14.2 Å². The van der Waals surface area contributed by atoms with Crippen molar-refractivity contribution in [2.24, 2.45) is 0 Å². The van der Waals surface area contributed by atoms with Gasteiger partial charge >= 0.3 is 5.97 Å². The van der Waals surface area contributed by atoms with Crippen molar-refractivity contribution in [2.75, 3.05) is 19.0 Å². The van der Waals surface area contributed by atoms with Crippen molar-refractivity contribution in [1.82, 2.24) is 4.98 Å². The monoisotopic (exact) mass is 364 g/mol. The fourth-order valence-corrected chi connectivity index (χ4v) is 2.82. The second-order valence-corrected chi connectivity index (χ2v) is 6.08. The molecule has 0 spiro atoms. The number of anilines is 1. The fourth-order valence-electron chi connectivity index (χ4n) is 1.95. The molecular weight excluding hydrogens is 344 g/mol. The number of nitrogens with zero attached hydrogens (tertiary/aromatic N) is 1. The summed E-state index contributed by atoms with van der Waals surface area (Å²) in [6.07, 6.45) is -0.733. The molecule has 25 heavy (non-hydrogen) atoms. The van der Waals surface area contributed by atoms with Crippen LogP contribution in [0, 0.1) is 6.92 Å². The van der Waals surface area contributed by atoms with Gasteiger partial charge in [-0.1, -0.05) is 11.3 Å².